The lowest BCUT2D eigenvalue weighted by molar-refractivity contribution is -0.140. The zero-order chi connectivity index (χ0) is 14.2. The Morgan fingerprint density at radius 3 is 2.47 bits per heavy atom. The summed E-state index contributed by atoms with van der Waals surface area (Å²) in [4.78, 5) is 23.2. The molecule has 0 bridgehead atoms. The molecule has 1 unspecified atom stereocenters. The lowest BCUT2D eigenvalue weighted by atomic mass is 9.84. The molecule has 1 aromatic carbocycles. The molecule has 1 saturated carbocycles. The van der Waals surface area contributed by atoms with Gasteiger partial charge in [-0.3, -0.25) is 9.59 Å². The van der Waals surface area contributed by atoms with Crippen molar-refractivity contribution in [2.45, 2.75) is 36.9 Å². The van der Waals surface area contributed by atoms with E-state index < -0.39 is 4.83 Å². The summed E-state index contributed by atoms with van der Waals surface area (Å²) < 4.78 is 4.78. The van der Waals surface area contributed by atoms with Gasteiger partial charge in [-0.2, -0.15) is 0 Å². The molecule has 0 amide bonds. The monoisotopic (exact) mass is 324 g/mol. The smallest absolute Gasteiger partial charge is 0.324 e. The Morgan fingerprint density at radius 1 is 1.37 bits per heavy atom. The van der Waals surface area contributed by atoms with Gasteiger partial charge in [0.15, 0.2) is 0 Å². The number of benzene rings is 1. The fraction of sp³-hybridized carbons (Fsp3) is 0.467. The molecule has 0 aromatic heterocycles. The highest BCUT2D eigenvalue weighted by atomic mass is 79.9. The van der Waals surface area contributed by atoms with Crippen molar-refractivity contribution in [3.05, 3.63) is 34.9 Å². The predicted octanol–water partition coefficient (Wildman–Crippen LogP) is 3.22. The van der Waals surface area contributed by atoms with Crippen LogP contribution in [0.1, 0.15) is 41.3 Å². The number of esters is 1. The van der Waals surface area contributed by atoms with Gasteiger partial charge in [-0.25, -0.2) is 0 Å². The van der Waals surface area contributed by atoms with Gasteiger partial charge in [0.25, 0.3) is 0 Å². The second-order valence-corrected chi connectivity index (χ2v) is 5.98. The normalized spacial score (nSPS) is 17.7. The molecule has 19 heavy (non-hydrogen) atoms. The van der Waals surface area contributed by atoms with Gasteiger partial charge in [0.05, 0.1) is 12.5 Å². The van der Waals surface area contributed by atoms with Crippen molar-refractivity contribution in [3.8, 4) is 0 Å². The summed E-state index contributed by atoms with van der Waals surface area (Å²) in [5.41, 5.74) is 2.51. The minimum absolute atomic E-state index is 0.174. The summed E-state index contributed by atoms with van der Waals surface area (Å²) in [6.07, 6.45) is 1.72. The number of ether oxygens (including phenoxy) is 1. The number of aryl methyl sites for hydroxylation is 1. The molecule has 0 aliphatic heterocycles. The van der Waals surface area contributed by atoms with Gasteiger partial charge >= 0.3 is 5.97 Å². The van der Waals surface area contributed by atoms with Crippen molar-refractivity contribution in [1.82, 2.24) is 0 Å². The number of methoxy groups -OCH3 is 1. The van der Waals surface area contributed by atoms with Crippen LogP contribution in [0.3, 0.4) is 0 Å². The fourth-order valence-corrected chi connectivity index (χ4v) is 3.26. The molecule has 4 heteroatoms. The summed E-state index contributed by atoms with van der Waals surface area (Å²) in [7, 11) is 1.37. The predicted molar refractivity (Wildman–Crippen MR) is 76.5 cm³/mol. The SMILES string of the molecule is COC(=O)C(Br)c1cccc(C)c1C1(C(C)=O)CC1. The molecule has 0 spiro atoms. The van der Waals surface area contributed by atoms with E-state index in [0.29, 0.717) is 0 Å². The van der Waals surface area contributed by atoms with Crippen molar-refractivity contribution in [3.63, 3.8) is 0 Å². The van der Waals surface area contributed by atoms with Gasteiger partial charge in [-0.05, 0) is 43.4 Å². The first-order chi connectivity index (χ1) is 8.94. The molecule has 1 aliphatic carbocycles. The van der Waals surface area contributed by atoms with Crippen molar-refractivity contribution in [2.24, 2.45) is 0 Å². The van der Waals surface area contributed by atoms with E-state index in [9.17, 15) is 9.59 Å². The van der Waals surface area contributed by atoms with Crippen LogP contribution in [-0.2, 0) is 19.7 Å². The number of rotatable bonds is 4. The van der Waals surface area contributed by atoms with Crippen LogP contribution in [0.5, 0.6) is 0 Å². The van der Waals surface area contributed by atoms with E-state index in [2.05, 4.69) is 15.9 Å². The number of carbonyl (C=O) groups is 2. The zero-order valence-electron chi connectivity index (χ0n) is 11.3. The highest BCUT2D eigenvalue weighted by Gasteiger charge is 2.51. The summed E-state index contributed by atoms with van der Waals surface area (Å²) in [5.74, 6) is -0.168. The van der Waals surface area contributed by atoms with Crippen LogP contribution in [0.15, 0.2) is 18.2 Å². The Hall–Kier alpha value is -1.16. The van der Waals surface area contributed by atoms with Gasteiger partial charge in [0.2, 0.25) is 0 Å². The molecule has 1 aromatic rings. The third kappa shape index (κ3) is 2.34. The first kappa shape index (κ1) is 14.3. The van der Waals surface area contributed by atoms with E-state index in [1.807, 2.05) is 25.1 Å². The summed E-state index contributed by atoms with van der Waals surface area (Å²) in [5, 5.41) is 0. The molecule has 102 valence electrons. The topological polar surface area (TPSA) is 43.4 Å². The largest absolute Gasteiger partial charge is 0.468 e. The number of carbonyl (C=O) groups excluding carboxylic acids is 2. The molecular weight excluding hydrogens is 308 g/mol. The van der Waals surface area contributed by atoms with E-state index in [1.165, 1.54) is 7.11 Å². The highest BCUT2D eigenvalue weighted by Crippen LogP contribution is 2.52. The van der Waals surface area contributed by atoms with Gasteiger partial charge in [0, 0.05) is 0 Å². The van der Waals surface area contributed by atoms with Crippen LogP contribution >= 0.6 is 15.9 Å². The van der Waals surface area contributed by atoms with E-state index in [0.717, 1.165) is 29.5 Å². The van der Waals surface area contributed by atoms with Gasteiger partial charge in [-0.15, -0.1) is 0 Å². The first-order valence-electron chi connectivity index (χ1n) is 6.27. The van der Waals surface area contributed by atoms with Crippen LogP contribution < -0.4 is 0 Å². The quantitative estimate of drug-likeness (QED) is 0.631. The molecule has 3 nitrogen and oxygen atoms in total. The van der Waals surface area contributed by atoms with Crippen LogP contribution in [0.2, 0.25) is 0 Å². The number of hydrogen-bond acceptors (Lipinski definition) is 3. The molecule has 1 fully saturated rings. The number of hydrogen-bond donors (Lipinski definition) is 0. The molecule has 1 atom stereocenters. The van der Waals surface area contributed by atoms with Gasteiger partial charge < -0.3 is 4.74 Å². The van der Waals surface area contributed by atoms with E-state index in [1.54, 1.807) is 6.92 Å². The first-order valence-corrected chi connectivity index (χ1v) is 7.18. The third-order valence-corrected chi connectivity index (χ3v) is 4.76. The number of halogens is 1. The molecule has 0 heterocycles. The van der Waals surface area contributed by atoms with Gasteiger partial charge in [0.1, 0.15) is 10.6 Å². The standard InChI is InChI=1S/C15H17BrO3/c1-9-5-4-6-11(13(16)14(18)19-3)12(9)15(7-8-15)10(2)17/h4-6,13H,7-8H2,1-3H3. The van der Waals surface area contributed by atoms with Crippen molar-refractivity contribution < 1.29 is 14.3 Å². The Morgan fingerprint density at radius 2 is 2.00 bits per heavy atom. The molecular formula is C15H17BrO3. The minimum atomic E-state index is -0.524. The second kappa shape index (κ2) is 5.08. The Labute approximate surface area is 121 Å². The average Bonchev–Trinajstić information content (AvgIpc) is 3.18. The molecule has 0 saturated heterocycles. The summed E-state index contributed by atoms with van der Waals surface area (Å²) in [6, 6.07) is 5.78. The van der Waals surface area contributed by atoms with Crippen LogP contribution in [0.25, 0.3) is 0 Å². The number of ketones is 1. The van der Waals surface area contributed by atoms with Crippen LogP contribution in [0, 0.1) is 6.92 Å². The molecule has 0 N–H and O–H groups in total. The van der Waals surface area contributed by atoms with Crippen molar-refractivity contribution >= 4 is 27.7 Å². The summed E-state index contributed by atoms with van der Waals surface area (Å²) in [6.45, 7) is 3.61. The lowest BCUT2D eigenvalue weighted by Gasteiger charge is -2.21. The second-order valence-electron chi connectivity index (χ2n) is 5.06. The molecule has 1 aliphatic rings. The third-order valence-electron chi connectivity index (χ3n) is 3.89. The average molecular weight is 325 g/mol. The molecule has 0 radical (unpaired) electrons. The number of Topliss-reactive ketones (excluding diaryl/α,β-unsaturated/α-hetero) is 1. The maximum absolute atomic E-state index is 12.0. The van der Waals surface area contributed by atoms with E-state index >= 15 is 0 Å². The van der Waals surface area contributed by atoms with E-state index in [4.69, 9.17) is 4.74 Å². The zero-order valence-corrected chi connectivity index (χ0v) is 12.9. The Bertz CT molecular complexity index is 532. The van der Waals surface area contributed by atoms with Crippen LogP contribution in [-0.4, -0.2) is 18.9 Å². The maximum atomic E-state index is 12.0. The van der Waals surface area contributed by atoms with E-state index in [-0.39, 0.29) is 17.2 Å². The fourth-order valence-electron chi connectivity index (χ4n) is 2.69. The van der Waals surface area contributed by atoms with Crippen LogP contribution in [0.4, 0.5) is 0 Å². The molecule has 2 rings (SSSR count). The Kier molecular flexibility index (Phi) is 3.81. The number of alkyl halides is 1. The highest BCUT2D eigenvalue weighted by molar-refractivity contribution is 9.09. The minimum Gasteiger partial charge on any atom is -0.468 e. The maximum Gasteiger partial charge on any atom is 0.324 e. The van der Waals surface area contributed by atoms with Crippen molar-refractivity contribution in [2.75, 3.05) is 7.11 Å². The lowest BCUT2D eigenvalue weighted by Crippen LogP contribution is -2.22. The van der Waals surface area contributed by atoms with Gasteiger partial charge in [-0.1, -0.05) is 34.1 Å². The summed E-state index contributed by atoms with van der Waals surface area (Å²) >= 11 is 3.38. The Balaban J connectivity index is 2.55. The van der Waals surface area contributed by atoms with Crippen molar-refractivity contribution in [1.29, 1.82) is 0 Å².